The zero-order valence-electron chi connectivity index (χ0n) is 31.2. The van der Waals surface area contributed by atoms with Crippen molar-refractivity contribution in [1.29, 1.82) is 0 Å². The van der Waals surface area contributed by atoms with Gasteiger partial charge in [0.2, 0.25) is 0 Å². The third-order valence-corrected chi connectivity index (χ3v) is 6.84. The van der Waals surface area contributed by atoms with E-state index in [1.54, 1.807) is 30.3 Å². The predicted molar refractivity (Wildman–Crippen MR) is 157 cm³/mol. The van der Waals surface area contributed by atoms with Crippen LogP contribution in [0.15, 0.2) is 138 Å². The number of rotatable bonds is 2. The fourth-order valence-electron chi connectivity index (χ4n) is 5.27. The SMILES string of the molecule is [2H]c1c([2H])c([2H])c2c(oc3ccc(-c4c5c([2H])c([2H])c([2H])c([2H])c5c(-c5cccc6ccccc56)c5c([2H])c([2H])c([2H])c([2H])c45)cc32)c1[2H]. The van der Waals surface area contributed by atoms with Crippen molar-refractivity contribution in [3.05, 3.63) is 133 Å². The largest absolute Gasteiger partial charge is 0.456 e. The Kier molecular flexibility index (Phi) is 2.51. The average molecular weight is 483 g/mol. The predicted octanol–water partition coefficient (Wildman–Crippen LogP) is 10.4. The van der Waals surface area contributed by atoms with Crippen molar-refractivity contribution < 1.29 is 20.9 Å². The van der Waals surface area contributed by atoms with Crippen LogP contribution in [-0.2, 0) is 0 Å². The van der Waals surface area contributed by atoms with Crippen molar-refractivity contribution in [3.8, 4) is 22.3 Å². The summed E-state index contributed by atoms with van der Waals surface area (Å²) < 4.78 is 111. The molecule has 1 nitrogen and oxygen atoms in total. The van der Waals surface area contributed by atoms with Crippen LogP contribution in [0.2, 0.25) is 0 Å². The van der Waals surface area contributed by atoms with Crippen LogP contribution in [0.1, 0.15) is 16.4 Å². The summed E-state index contributed by atoms with van der Waals surface area (Å²) in [5, 5.41) is 2.21. The smallest absolute Gasteiger partial charge is 0.135 e. The standard InChI is InChI=1S/C36H22O/c1-2-12-25-23(10-1)11-9-18-27(25)36-30-16-5-3-14-28(30)35(29-15-4-6-17-31(29)36)24-20-21-34-32(22-24)26-13-7-8-19-33(26)37-34/h1-22H/i3D,4D,5D,6D,7D,8D,13D,14D,15D,16D,17D,19D. The van der Waals surface area contributed by atoms with Gasteiger partial charge in [-0.25, -0.2) is 0 Å². The Balaban J connectivity index is 1.67. The Bertz CT molecular complexity index is 2720. The van der Waals surface area contributed by atoms with Crippen LogP contribution in [-0.4, -0.2) is 0 Å². The van der Waals surface area contributed by atoms with E-state index >= 15 is 0 Å². The van der Waals surface area contributed by atoms with E-state index < -0.39 is 48.3 Å². The van der Waals surface area contributed by atoms with Gasteiger partial charge in [-0.05, 0) is 72.7 Å². The van der Waals surface area contributed by atoms with Crippen molar-refractivity contribution in [2.45, 2.75) is 0 Å². The van der Waals surface area contributed by atoms with Crippen LogP contribution in [0.25, 0.3) is 76.5 Å². The first kappa shape index (κ1) is 11.9. The summed E-state index contributed by atoms with van der Waals surface area (Å²) in [7, 11) is 0. The van der Waals surface area contributed by atoms with E-state index in [0.717, 1.165) is 10.8 Å². The minimum Gasteiger partial charge on any atom is -0.456 e. The highest BCUT2D eigenvalue weighted by atomic mass is 16.3. The lowest BCUT2D eigenvalue weighted by atomic mass is 9.84. The van der Waals surface area contributed by atoms with Gasteiger partial charge in [0.1, 0.15) is 11.2 Å². The number of hydrogen-bond donors (Lipinski definition) is 0. The summed E-state index contributed by atoms with van der Waals surface area (Å²) >= 11 is 0. The molecule has 172 valence electrons. The topological polar surface area (TPSA) is 13.1 Å². The van der Waals surface area contributed by atoms with Crippen molar-refractivity contribution >= 4 is 54.3 Å². The zero-order valence-corrected chi connectivity index (χ0v) is 19.2. The Morgan fingerprint density at radius 3 is 1.84 bits per heavy atom. The first-order chi connectivity index (χ1) is 23.3. The van der Waals surface area contributed by atoms with Crippen molar-refractivity contribution in [1.82, 2.24) is 0 Å². The molecular weight excluding hydrogens is 448 g/mol. The van der Waals surface area contributed by atoms with Crippen molar-refractivity contribution in [2.75, 3.05) is 0 Å². The summed E-state index contributed by atoms with van der Waals surface area (Å²) in [6.45, 7) is 0. The maximum atomic E-state index is 9.21. The van der Waals surface area contributed by atoms with E-state index in [1.807, 2.05) is 30.3 Å². The van der Waals surface area contributed by atoms with Crippen molar-refractivity contribution in [3.63, 3.8) is 0 Å². The molecule has 0 radical (unpaired) electrons. The maximum Gasteiger partial charge on any atom is 0.135 e. The van der Waals surface area contributed by atoms with Crippen molar-refractivity contribution in [2.24, 2.45) is 0 Å². The van der Waals surface area contributed by atoms with Gasteiger partial charge in [-0.3, -0.25) is 0 Å². The van der Waals surface area contributed by atoms with Crippen LogP contribution in [0, 0.1) is 0 Å². The molecule has 8 aromatic rings. The molecule has 0 aliphatic carbocycles. The van der Waals surface area contributed by atoms with Crippen LogP contribution < -0.4 is 0 Å². The molecule has 1 heterocycles. The molecule has 0 spiro atoms. The maximum absolute atomic E-state index is 9.21. The Labute approximate surface area is 231 Å². The lowest BCUT2D eigenvalue weighted by molar-refractivity contribution is 0.669. The van der Waals surface area contributed by atoms with Gasteiger partial charge in [0, 0.05) is 10.8 Å². The molecule has 0 atom stereocenters. The molecule has 0 aliphatic rings. The van der Waals surface area contributed by atoms with E-state index in [0.29, 0.717) is 16.5 Å². The average Bonchev–Trinajstić information content (AvgIpc) is 3.50. The fraction of sp³-hybridized carbons (Fsp3) is 0. The molecule has 0 saturated carbocycles. The summed E-state index contributed by atoms with van der Waals surface area (Å²) in [4.78, 5) is 0. The molecule has 0 fully saturated rings. The van der Waals surface area contributed by atoms with Crippen LogP contribution in [0.5, 0.6) is 0 Å². The number of para-hydroxylation sites is 1. The van der Waals surface area contributed by atoms with E-state index in [2.05, 4.69) is 0 Å². The number of benzene rings is 7. The Morgan fingerprint density at radius 2 is 1.08 bits per heavy atom. The highest BCUT2D eigenvalue weighted by molar-refractivity contribution is 6.24. The van der Waals surface area contributed by atoms with Gasteiger partial charge in [0.05, 0.1) is 16.4 Å². The molecule has 1 heteroatoms. The van der Waals surface area contributed by atoms with Gasteiger partial charge >= 0.3 is 0 Å². The quantitative estimate of drug-likeness (QED) is 0.223. The Morgan fingerprint density at radius 1 is 0.459 bits per heavy atom. The normalized spacial score (nSPS) is 16.3. The summed E-state index contributed by atoms with van der Waals surface area (Å²) in [5.41, 5.74) is 1.40. The third kappa shape index (κ3) is 2.98. The minimum atomic E-state index is -0.522. The third-order valence-electron chi connectivity index (χ3n) is 6.84. The van der Waals surface area contributed by atoms with E-state index in [9.17, 15) is 5.48 Å². The molecule has 0 N–H and O–H groups in total. The highest BCUT2D eigenvalue weighted by Gasteiger charge is 2.18. The Hall–Kier alpha value is -4.88. The summed E-state index contributed by atoms with van der Waals surface area (Å²) in [5.74, 6) is 0. The van der Waals surface area contributed by atoms with E-state index in [4.69, 9.17) is 15.4 Å². The minimum absolute atomic E-state index is 0.0421. The molecular formula is C36H22O. The summed E-state index contributed by atoms with van der Waals surface area (Å²) in [6.07, 6.45) is 0. The molecule has 1 aromatic heterocycles. The monoisotopic (exact) mass is 482 g/mol. The van der Waals surface area contributed by atoms with Crippen LogP contribution >= 0.6 is 0 Å². The van der Waals surface area contributed by atoms with Gasteiger partial charge in [0.25, 0.3) is 0 Å². The molecule has 37 heavy (non-hydrogen) atoms. The van der Waals surface area contributed by atoms with Gasteiger partial charge in [-0.2, -0.15) is 0 Å². The van der Waals surface area contributed by atoms with Gasteiger partial charge in [-0.1, -0.05) is 115 Å². The second-order valence-electron chi connectivity index (χ2n) is 8.79. The number of hydrogen-bond acceptors (Lipinski definition) is 1. The number of fused-ring (bicyclic) bond motifs is 6. The molecule has 0 unspecified atom stereocenters. The molecule has 8 rings (SSSR count). The first-order valence-corrected chi connectivity index (χ1v) is 11.7. The molecule has 7 aromatic carbocycles. The molecule has 0 amide bonds. The number of furan rings is 1. The van der Waals surface area contributed by atoms with Crippen LogP contribution in [0.3, 0.4) is 0 Å². The molecule has 0 saturated heterocycles. The van der Waals surface area contributed by atoms with Gasteiger partial charge in [-0.15, -0.1) is 0 Å². The lowest BCUT2D eigenvalue weighted by Crippen LogP contribution is -1.91. The van der Waals surface area contributed by atoms with Gasteiger partial charge < -0.3 is 4.42 Å². The van der Waals surface area contributed by atoms with E-state index in [-0.39, 0.29) is 73.4 Å². The molecule has 0 bridgehead atoms. The zero-order chi connectivity index (χ0) is 34.8. The first-order valence-electron chi connectivity index (χ1n) is 17.7. The molecule has 0 aliphatic heterocycles. The van der Waals surface area contributed by atoms with Crippen LogP contribution in [0.4, 0.5) is 0 Å². The summed E-state index contributed by atoms with van der Waals surface area (Å²) in [6, 6.07) is 12.4. The second kappa shape index (κ2) is 7.81. The highest BCUT2D eigenvalue weighted by Crippen LogP contribution is 2.45. The second-order valence-corrected chi connectivity index (χ2v) is 8.79. The van der Waals surface area contributed by atoms with Gasteiger partial charge in [0.15, 0.2) is 0 Å². The van der Waals surface area contributed by atoms with E-state index in [1.165, 1.54) is 0 Å². The fourth-order valence-corrected chi connectivity index (χ4v) is 5.27. The lowest BCUT2D eigenvalue weighted by Gasteiger charge is -2.18.